The van der Waals surface area contributed by atoms with E-state index in [0.29, 0.717) is 11.1 Å². The van der Waals surface area contributed by atoms with Crippen LogP contribution < -0.4 is 9.80 Å². The van der Waals surface area contributed by atoms with Crippen molar-refractivity contribution < 1.29 is 24.5 Å². The minimum Gasteiger partial charge on any atom is -0.478 e. The molecule has 1 saturated heterocycles. The molecule has 0 saturated carbocycles. The summed E-state index contributed by atoms with van der Waals surface area (Å²) in [5, 5.41) is 17.2. The van der Waals surface area contributed by atoms with Crippen molar-refractivity contribution in [3.63, 3.8) is 0 Å². The second kappa shape index (κ2) is 12.4. The van der Waals surface area contributed by atoms with Crippen LogP contribution in [-0.4, -0.2) is 63.6 Å². The lowest BCUT2D eigenvalue weighted by Crippen LogP contribution is -2.08. The topological polar surface area (TPSA) is 90.3 Å². The molecular formula is C22H30N2O5. The molecule has 1 fully saturated rings. The Morgan fingerprint density at radius 1 is 0.690 bits per heavy atom. The third kappa shape index (κ3) is 9.12. The van der Waals surface area contributed by atoms with Crippen molar-refractivity contribution in [2.24, 2.45) is 0 Å². The van der Waals surface area contributed by atoms with Crippen molar-refractivity contribution in [1.82, 2.24) is 0 Å². The molecule has 2 N–H and O–H groups in total. The first kappa shape index (κ1) is 24.0. The molecule has 0 amide bonds. The number of carbonyl (C=O) groups is 2. The first-order valence-corrected chi connectivity index (χ1v) is 9.31. The fraction of sp³-hybridized carbons (Fsp3) is 0.364. The number of carboxylic acids is 2. The smallest absolute Gasteiger partial charge is 0.335 e. The summed E-state index contributed by atoms with van der Waals surface area (Å²) in [6, 6.07) is 13.5. The number of hydrogen-bond donors (Lipinski definition) is 2. The van der Waals surface area contributed by atoms with Crippen LogP contribution in [0.1, 0.15) is 33.6 Å². The van der Waals surface area contributed by atoms with Gasteiger partial charge in [0.25, 0.3) is 0 Å². The van der Waals surface area contributed by atoms with Crippen molar-refractivity contribution in [3.05, 3.63) is 59.7 Å². The highest BCUT2D eigenvalue weighted by molar-refractivity contribution is 5.88. The number of aromatic carboxylic acids is 2. The summed E-state index contributed by atoms with van der Waals surface area (Å²) in [5.74, 6) is -1.78. The van der Waals surface area contributed by atoms with Gasteiger partial charge in [-0.05, 0) is 61.4 Å². The van der Waals surface area contributed by atoms with E-state index < -0.39 is 11.9 Å². The Morgan fingerprint density at radius 2 is 1.00 bits per heavy atom. The van der Waals surface area contributed by atoms with Gasteiger partial charge in [0.05, 0.1) is 11.1 Å². The van der Waals surface area contributed by atoms with Crippen LogP contribution in [0.2, 0.25) is 0 Å². The average molecular weight is 402 g/mol. The summed E-state index contributed by atoms with van der Waals surface area (Å²) in [5.41, 5.74) is 2.64. The van der Waals surface area contributed by atoms with E-state index in [1.165, 1.54) is 12.8 Å². The van der Waals surface area contributed by atoms with Gasteiger partial charge in [0.1, 0.15) is 0 Å². The zero-order valence-corrected chi connectivity index (χ0v) is 17.5. The Hall–Kier alpha value is -3.06. The van der Waals surface area contributed by atoms with Crippen LogP contribution in [0.3, 0.4) is 0 Å². The predicted octanol–water partition coefficient (Wildman–Crippen LogP) is 3.70. The number of ether oxygens (including phenoxy) is 1. The maximum atomic E-state index is 10.5. The number of carboxylic acid groups (broad SMARTS) is 2. The summed E-state index contributed by atoms with van der Waals surface area (Å²) in [7, 11) is 7.65. The maximum Gasteiger partial charge on any atom is 0.335 e. The van der Waals surface area contributed by atoms with Crippen molar-refractivity contribution in [2.75, 3.05) is 51.2 Å². The molecule has 3 rings (SSSR count). The standard InChI is InChI=1S/2C9H11NO2.C4H8O/c2*1-10(2)8-5-3-7(4-6-8)9(11)12;1-2-4-5-3-1/h2*3-6H,1-2H3,(H,11,12);1-4H2. The molecule has 0 radical (unpaired) electrons. The molecule has 0 bridgehead atoms. The Balaban J connectivity index is 0.000000235. The molecule has 1 aliphatic rings. The molecule has 29 heavy (non-hydrogen) atoms. The largest absolute Gasteiger partial charge is 0.478 e. The molecule has 7 heteroatoms. The van der Waals surface area contributed by atoms with Gasteiger partial charge >= 0.3 is 11.9 Å². The van der Waals surface area contributed by atoms with Crippen molar-refractivity contribution in [2.45, 2.75) is 12.8 Å². The van der Waals surface area contributed by atoms with Gasteiger partial charge < -0.3 is 24.7 Å². The van der Waals surface area contributed by atoms with Crippen LogP contribution in [-0.2, 0) is 4.74 Å². The normalized spacial score (nSPS) is 12.0. The lowest BCUT2D eigenvalue weighted by atomic mass is 10.2. The van der Waals surface area contributed by atoms with Crippen LogP contribution in [0.5, 0.6) is 0 Å². The number of nitrogens with zero attached hydrogens (tertiary/aromatic N) is 2. The Bertz CT molecular complexity index is 683. The van der Waals surface area contributed by atoms with Crippen LogP contribution in [0, 0.1) is 0 Å². The van der Waals surface area contributed by atoms with E-state index in [2.05, 4.69) is 0 Å². The van der Waals surface area contributed by atoms with E-state index in [1.807, 2.05) is 38.0 Å². The van der Waals surface area contributed by atoms with Crippen molar-refractivity contribution in [3.8, 4) is 0 Å². The van der Waals surface area contributed by atoms with Gasteiger partial charge in [0, 0.05) is 52.8 Å². The van der Waals surface area contributed by atoms with Gasteiger partial charge in [-0.1, -0.05) is 0 Å². The first-order valence-electron chi connectivity index (χ1n) is 9.31. The highest BCUT2D eigenvalue weighted by atomic mass is 16.5. The van der Waals surface area contributed by atoms with E-state index in [0.717, 1.165) is 24.6 Å². The summed E-state index contributed by atoms with van der Waals surface area (Å²) < 4.78 is 4.94. The van der Waals surface area contributed by atoms with Gasteiger partial charge in [0.15, 0.2) is 0 Å². The Morgan fingerprint density at radius 3 is 1.17 bits per heavy atom. The van der Waals surface area contributed by atoms with Crippen LogP contribution >= 0.6 is 0 Å². The molecule has 7 nitrogen and oxygen atoms in total. The van der Waals surface area contributed by atoms with Crippen LogP contribution in [0.4, 0.5) is 11.4 Å². The summed E-state index contributed by atoms with van der Waals surface area (Å²) >= 11 is 0. The summed E-state index contributed by atoms with van der Waals surface area (Å²) in [6.07, 6.45) is 2.56. The molecule has 0 atom stereocenters. The maximum absolute atomic E-state index is 10.5. The fourth-order valence-electron chi connectivity index (χ4n) is 2.31. The quantitative estimate of drug-likeness (QED) is 0.806. The van der Waals surface area contributed by atoms with Crippen LogP contribution in [0.25, 0.3) is 0 Å². The molecule has 2 aromatic carbocycles. The third-order valence-electron chi connectivity index (χ3n) is 4.09. The second-order valence-corrected chi connectivity index (χ2v) is 6.81. The van der Waals surface area contributed by atoms with Crippen molar-refractivity contribution in [1.29, 1.82) is 0 Å². The number of hydrogen-bond acceptors (Lipinski definition) is 5. The highest BCUT2D eigenvalue weighted by Gasteiger charge is 2.02. The predicted molar refractivity (Wildman–Crippen MR) is 116 cm³/mol. The van der Waals surface area contributed by atoms with E-state index in [-0.39, 0.29) is 0 Å². The number of benzene rings is 2. The molecule has 0 aliphatic carbocycles. The van der Waals surface area contributed by atoms with Crippen molar-refractivity contribution >= 4 is 23.3 Å². The molecule has 1 aliphatic heterocycles. The average Bonchev–Trinajstić information content (AvgIpc) is 3.28. The number of anilines is 2. The molecule has 0 aromatic heterocycles. The zero-order chi connectivity index (χ0) is 21.8. The molecule has 2 aromatic rings. The fourth-order valence-corrected chi connectivity index (χ4v) is 2.31. The van der Waals surface area contributed by atoms with E-state index >= 15 is 0 Å². The van der Waals surface area contributed by atoms with Gasteiger partial charge in [0.2, 0.25) is 0 Å². The Kier molecular flexibility index (Phi) is 10.3. The molecule has 0 spiro atoms. The third-order valence-corrected chi connectivity index (χ3v) is 4.09. The molecule has 0 unspecified atom stereocenters. The summed E-state index contributed by atoms with van der Waals surface area (Å²) in [4.78, 5) is 24.8. The molecule has 158 valence electrons. The lowest BCUT2D eigenvalue weighted by Gasteiger charge is -2.11. The van der Waals surface area contributed by atoms with Gasteiger partial charge in [-0.2, -0.15) is 0 Å². The molecule has 1 heterocycles. The lowest BCUT2D eigenvalue weighted by molar-refractivity contribution is 0.0686. The van der Waals surface area contributed by atoms with E-state index in [9.17, 15) is 9.59 Å². The first-order chi connectivity index (χ1) is 13.7. The van der Waals surface area contributed by atoms with E-state index in [4.69, 9.17) is 14.9 Å². The minimum atomic E-state index is -0.889. The highest BCUT2D eigenvalue weighted by Crippen LogP contribution is 2.12. The SMILES string of the molecule is C1CCOC1.CN(C)c1ccc(C(=O)O)cc1.CN(C)c1ccc(C(=O)O)cc1. The minimum absolute atomic E-state index is 0.320. The van der Waals surface area contributed by atoms with Gasteiger partial charge in [-0.3, -0.25) is 0 Å². The van der Waals surface area contributed by atoms with Crippen LogP contribution in [0.15, 0.2) is 48.5 Å². The van der Waals surface area contributed by atoms with E-state index in [1.54, 1.807) is 48.5 Å². The zero-order valence-electron chi connectivity index (χ0n) is 17.5. The Labute approximate surface area is 172 Å². The monoisotopic (exact) mass is 402 g/mol. The van der Waals surface area contributed by atoms with Gasteiger partial charge in [-0.25, -0.2) is 9.59 Å². The molecular weight excluding hydrogens is 372 g/mol. The summed E-state index contributed by atoms with van der Waals surface area (Å²) in [6.45, 7) is 2.00. The number of rotatable bonds is 4. The second-order valence-electron chi connectivity index (χ2n) is 6.81. The van der Waals surface area contributed by atoms with Gasteiger partial charge in [-0.15, -0.1) is 0 Å².